The molecule has 0 aromatic rings. The van der Waals surface area contributed by atoms with Gasteiger partial charge in [-0.1, -0.05) is 0 Å². The Morgan fingerprint density at radius 3 is 2.18 bits per heavy atom. The molecule has 1 unspecified atom stereocenters. The number of hydrogen-bond donors (Lipinski definition) is 2. The van der Waals surface area contributed by atoms with E-state index in [2.05, 4.69) is 12.2 Å². The summed E-state index contributed by atoms with van der Waals surface area (Å²) in [6.45, 7) is 4.63. The molecular weight excluding hydrogens is 223 g/mol. The van der Waals surface area contributed by atoms with Gasteiger partial charge in [0.25, 0.3) is 0 Å². The minimum atomic E-state index is -1.05. The van der Waals surface area contributed by atoms with E-state index in [-0.39, 0.29) is 45.0 Å². The number of carbonyl (C=O) groups excluding carboxylic acids is 1. The number of rotatable bonds is 3. The van der Waals surface area contributed by atoms with Crippen LogP contribution in [0.2, 0.25) is 0 Å². The summed E-state index contributed by atoms with van der Waals surface area (Å²) in [5, 5.41) is 10.6. The van der Waals surface area contributed by atoms with Crippen LogP contribution in [0.25, 0.3) is 0 Å². The molecule has 61 valence electrons. The van der Waals surface area contributed by atoms with E-state index in [4.69, 9.17) is 5.11 Å². The van der Waals surface area contributed by atoms with Crippen LogP contribution in [0.1, 0.15) is 13.3 Å². The van der Waals surface area contributed by atoms with Gasteiger partial charge in [-0.05, 0) is 0 Å². The van der Waals surface area contributed by atoms with Gasteiger partial charge in [-0.25, -0.2) is 0 Å². The summed E-state index contributed by atoms with van der Waals surface area (Å²) < 4.78 is 0. The maximum atomic E-state index is 10.3. The predicted molar refractivity (Wildman–Crippen MR) is 35.2 cm³/mol. The summed E-state index contributed by atoms with van der Waals surface area (Å²) in [6, 6.07) is -0.850. The Kier molecular flexibility index (Phi) is 8.34. The first-order chi connectivity index (χ1) is 4.57. The van der Waals surface area contributed by atoms with Crippen LogP contribution in [0.3, 0.4) is 0 Å². The zero-order valence-electron chi connectivity index (χ0n) is 6.33. The fraction of sp³-hybridized carbons (Fsp3) is 0.500. The molecule has 5 heteroatoms. The summed E-state index contributed by atoms with van der Waals surface area (Å²) in [7, 11) is 0. The molecule has 0 bridgehead atoms. The van der Waals surface area contributed by atoms with Gasteiger partial charge in [-0.3, -0.25) is 9.59 Å². The molecule has 4 nitrogen and oxygen atoms in total. The Hall–Kier alpha value is 0.0439. The van der Waals surface area contributed by atoms with Crippen LogP contribution in [0.4, 0.5) is 0 Å². The second-order valence-corrected chi connectivity index (χ2v) is 1.88. The molecule has 0 aromatic heterocycles. The Morgan fingerprint density at radius 1 is 1.64 bits per heavy atom. The van der Waals surface area contributed by atoms with Crippen LogP contribution in [0, 0.1) is 6.92 Å². The maximum Gasteiger partial charge on any atom is 0.323 e. The van der Waals surface area contributed by atoms with Crippen molar-refractivity contribution in [3.63, 3.8) is 0 Å². The van der Waals surface area contributed by atoms with Crippen molar-refractivity contribution >= 4 is 11.9 Å². The molecule has 0 aliphatic carbocycles. The molecule has 11 heavy (non-hydrogen) atoms. The zero-order chi connectivity index (χ0) is 8.15. The van der Waals surface area contributed by atoms with Crippen molar-refractivity contribution in [2.24, 2.45) is 0 Å². The second kappa shape index (κ2) is 6.74. The molecular formula is C6H10NO3Y-. The first-order valence-electron chi connectivity index (χ1n) is 2.87. The molecule has 1 amide bonds. The fourth-order valence-electron chi connectivity index (χ4n) is 0.503. The Labute approximate surface area is 90.6 Å². The summed E-state index contributed by atoms with van der Waals surface area (Å²) in [5.41, 5.74) is 0. The van der Waals surface area contributed by atoms with Crippen molar-refractivity contribution in [3.8, 4) is 0 Å². The molecule has 0 aliphatic rings. The number of aliphatic carboxylic acids is 1. The first-order valence-corrected chi connectivity index (χ1v) is 2.87. The van der Waals surface area contributed by atoms with Crippen molar-refractivity contribution in [2.75, 3.05) is 0 Å². The summed E-state index contributed by atoms with van der Waals surface area (Å²) in [6.07, 6.45) is 0.162. The topological polar surface area (TPSA) is 66.4 Å². The van der Waals surface area contributed by atoms with Crippen LogP contribution in [0.15, 0.2) is 0 Å². The standard InChI is InChI=1S/C6H10NO3.Y/c1-3-5(6(9)10)7-4(2)8;/h5H,1,3H2,2H3,(H,7,8)(H,9,10);/q-1;. The number of amides is 1. The largest absolute Gasteiger partial charge is 0.480 e. The van der Waals surface area contributed by atoms with Crippen LogP contribution < -0.4 is 5.32 Å². The molecule has 0 fully saturated rings. The van der Waals surface area contributed by atoms with E-state index >= 15 is 0 Å². The van der Waals surface area contributed by atoms with E-state index in [1.165, 1.54) is 6.92 Å². The molecule has 1 atom stereocenters. The molecule has 0 saturated carbocycles. The summed E-state index contributed by atoms with van der Waals surface area (Å²) in [5.74, 6) is -1.40. The number of nitrogens with one attached hydrogen (secondary N) is 1. The predicted octanol–water partition coefficient (Wildman–Crippen LogP) is -0.203. The minimum absolute atomic E-state index is 0. The van der Waals surface area contributed by atoms with Crippen LogP contribution in [-0.4, -0.2) is 23.0 Å². The fourth-order valence-corrected chi connectivity index (χ4v) is 0.503. The molecule has 0 spiro atoms. The third-order valence-electron chi connectivity index (χ3n) is 0.964. The van der Waals surface area contributed by atoms with Crippen LogP contribution in [0.5, 0.6) is 0 Å². The van der Waals surface area contributed by atoms with E-state index in [9.17, 15) is 9.59 Å². The molecule has 0 aliphatic heterocycles. The van der Waals surface area contributed by atoms with Crippen LogP contribution >= 0.6 is 0 Å². The molecule has 0 rings (SSSR count). The van der Waals surface area contributed by atoms with Gasteiger partial charge in [0.05, 0.1) is 6.04 Å². The number of hydrogen-bond acceptors (Lipinski definition) is 2. The molecule has 1 radical (unpaired) electrons. The smallest absolute Gasteiger partial charge is 0.323 e. The van der Waals surface area contributed by atoms with E-state index in [0.717, 1.165) is 0 Å². The van der Waals surface area contributed by atoms with Gasteiger partial charge < -0.3 is 17.3 Å². The van der Waals surface area contributed by atoms with E-state index in [0.29, 0.717) is 0 Å². The van der Waals surface area contributed by atoms with Gasteiger partial charge in [-0.15, -0.1) is 0 Å². The molecule has 0 aromatic carbocycles. The Balaban J connectivity index is 0. The van der Waals surface area contributed by atoms with Gasteiger partial charge in [0.15, 0.2) is 0 Å². The van der Waals surface area contributed by atoms with Crippen molar-refractivity contribution in [3.05, 3.63) is 6.92 Å². The van der Waals surface area contributed by atoms with Crippen molar-refractivity contribution in [2.45, 2.75) is 19.4 Å². The Morgan fingerprint density at radius 2 is 2.09 bits per heavy atom. The van der Waals surface area contributed by atoms with Gasteiger partial charge in [0.2, 0.25) is 5.91 Å². The number of carboxylic acids is 1. The number of carboxylic acid groups (broad SMARTS) is 1. The van der Waals surface area contributed by atoms with E-state index in [1.807, 2.05) is 0 Å². The van der Waals surface area contributed by atoms with Crippen molar-refractivity contribution < 1.29 is 47.4 Å². The summed E-state index contributed by atoms with van der Waals surface area (Å²) >= 11 is 0. The number of carbonyl (C=O) groups is 2. The van der Waals surface area contributed by atoms with E-state index < -0.39 is 12.0 Å². The van der Waals surface area contributed by atoms with Gasteiger partial charge in [-0.2, -0.15) is 6.42 Å². The van der Waals surface area contributed by atoms with E-state index in [1.54, 1.807) is 0 Å². The molecule has 0 heterocycles. The summed E-state index contributed by atoms with van der Waals surface area (Å²) in [4.78, 5) is 20.5. The maximum absolute atomic E-state index is 10.3. The average Bonchev–Trinajstić information content (AvgIpc) is 1.81. The van der Waals surface area contributed by atoms with Gasteiger partial charge in [0, 0.05) is 39.6 Å². The third kappa shape index (κ3) is 6.44. The van der Waals surface area contributed by atoms with Gasteiger partial charge in [0.1, 0.15) is 0 Å². The second-order valence-electron chi connectivity index (χ2n) is 1.88. The molecule has 0 saturated heterocycles. The monoisotopic (exact) mass is 233 g/mol. The van der Waals surface area contributed by atoms with Crippen molar-refractivity contribution in [1.82, 2.24) is 5.32 Å². The van der Waals surface area contributed by atoms with Gasteiger partial charge >= 0.3 is 5.97 Å². The zero-order valence-corrected chi connectivity index (χ0v) is 9.17. The third-order valence-corrected chi connectivity index (χ3v) is 0.964. The molecule has 2 N–H and O–H groups in total. The van der Waals surface area contributed by atoms with Crippen LogP contribution in [-0.2, 0) is 42.3 Å². The Bertz CT molecular complexity index is 149. The normalized spacial score (nSPS) is 11.1. The SMILES string of the molecule is [CH2-]CC(NC(C)=O)C(=O)O.[Y]. The first kappa shape index (κ1) is 13.6. The minimum Gasteiger partial charge on any atom is -0.480 e. The average molecular weight is 233 g/mol. The van der Waals surface area contributed by atoms with Crippen molar-refractivity contribution in [1.29, 1.82) is 0 Å². The quantitative estimate of drug-likeness (QED) is 0.663.